The molecule has 0 bridgehead atoms. The zero-order chi connectivity index (χ0) is 16.5. The Morgan fingerprint density at radius 2 is 1.82 bits per heavy atom. The molecule has 1 amide bonds. The number of aromatic nitrogens is 2. The van der Waals surface area contributed by atoms with Crippen molar-refractivity contribution in [3.63, 3.8) is 0 Å². The summed E-state index contributed by atoms with van der Waals surface area (Å²) < 4.78 is 6.64. The van der Waals surface area contributed by atoms with Gasteiger partial charge >= 0.3 is 136 Å². The van der Waals surface area contributed by atoms with Gasteiger partial charge in [0.1, 0.15) is 0 Å². The predicted molar refractivity (Wildman–Crippen MR) is 90.2 cm³/mol. The van der Waals surface area contributed by atoms with Crippen molar-refractivity contribution in [2.45, 2.75) is 47.2 Å². The van der Waals surface area contributed by atoms with Gasteiger partial charge in [0.05, 0.1) is 0 Å². The number of ether oxygens (including phenoxy) is 1. The molecule has 0 spiro atoms. The number of rotatable bonds is 3. The van der Waals surface area contributed by atoms with Crippen LogP contribution in [0.3, 0.4) is 0 Å². The molecule has 6 nitrogen and oxygen atoms in total. The molecule has 7 heteroatoms. The van der Waals surface area contributed by atoms with Crippen LogP contribution in [0.25, 0.3) is 0 Å². The number of hydrogen-bond donors (Lipinski definition) is 1. The molecule has 22 heavy (non-hydrogen) atoms. The van der Waals surface area contributed by atoms with E-state index < -0.39 is 24.0 Å². The molecule has 0 saturated carbocycles. The number of likely N-dealkylation sites (tertiary alicyclic amines) is 1. The molecule has 0 aromatic carbocycles. The Kier molecular flexibility index (Phi) is 4.89. The molecule has 0 aliphatic carbocycles. The van der Waals surface area contributed by atoms with E-state index in [1.54, 1.807) is 4.90 Å². The number of nitrogens with one attached hydrogen (secondary N) is 1. The van der Waals surface area contributed by atoms with E-state index in [0.29, 0.717) is 19.0 Å². The summed E-state index contributed by atoms with van der Waals surface area (Å²) in [4.78, 5) is 29.3. The molecule has 0 unspecified atom stereocenters. The second-order valence-electron chi connectivity index (χ2n) is 7.77. The van der Waals surface area contributed by atoms with Crippen LogP contribution in [-0.4, -0.2) is 64.1 Å². The summed E-state index contributed by atoms with van der Waals surface area (Å²) in [7, 11) is 0. The van der Waals surface area contributed by atoms with Gasteiger partial charge < -0.3 is 0 Å². The minimum atomic E-state index is -2.08. The molecule has 1 aliphatic heterocycles. The third kappa shape index (κ3) is 4.72. The zero-order valence-corrected chi connectivity index (χ0v) is 17.2. The van der Waals surface area contributed by atoms with Gasteiger partial charge in [-0.2, -0.15) is 0 Å². The summed E-state index contributed by atoms with van der Waals surface area (Å²) in [5, 5.41) is 3.26. The van der Waals surface area contributed by atoms with Crippen LogP contribution < -0.4 is 8.90 Å². The number of carbonyl (C=O) groups is 1. The molecule has 2 heterocycles. The van der Waals surface area contributed by atoms with Gasteiger partial charge in [0, 0.05) is 0 Å². The summed E-state index contributed by atoms with van der Waals surface area (Å²) in [6.07, 6.45) is 3.62. The summed E-state index contributed by atoms with van der Waals surface area (Å²) >= 11 is -2.08. The third-order valence-electron chi connectivity index (χ3n) is 3.38. The summed E-state index contributed by atoms with van der Waals surface area (Å²) in [6.45, 7) is 6.86. The average Bonchev–Trinajstić information content (AvgIpc) is 2.30. The first-order chi connectivity index (χ1) is 10.0. The van der Waals surface area contributed by atoms with Gasteiger partial charge in [-0.15, -0.1) is 0 Å². The Balaban J connectivity index is 1.82. The van der Waals surface area contributed by atoms with E-state index in [0.717, 1.165) is 0 Å². The van der Waals surface area contributed by atoms with Crippen molar-refractivity contribution >= 4 is 34.0 Å². The molecule has 0 atom stereocenters. The number of nitrogens with zero attached hydrogens (tertiary/aromatic N) is 3. The number of hydrogen-bond acceptors (Lipinski definition) is 5. The average molecular weight is 413 g/mol. The molecule has 1 N–H and O–H groups in total. The van der Waals surface area contributed by atoms with Gasteiger partial charge in [-0.1, -0.05) is 0 Å². The van der Waals surface area contributed by atoms with Crippen molar-refractivity contribution in [1.82, 2.24) is 14.9 Å². The SMILES string of the molecule is CC(C)(C)OC(=O)N1CC(Nc2nc[c]([Sn]([CH3])([CH3])[CH3])cn2)C1. The fraction of sp³-hybridized carbons (Fsp3) is 0.667. The van der Waals surface area contributed by atoms with E-state index in [-0.39, 0.29) is 12.1 Å². The van der Waals surface area contributed by atoms with Gasteiger partial charge in [0.2, 0.25) is 0 Å². The van der Waals surface area contributed by atoms with Crippen LogP contribution in [0.15, 0.2) is 12.4 Å². The molecule has 2 rings (SSSR count). The van der Waals surface area contributed by atoms with Gasteiger partial charge in [-0.25, -0.2) is 0 Å². The summed E-state index contributed by atoms with van der Waals surface area (Å²) in [6, 6.07) is 0.191. The van der Waals surface area contributed by atoms with Crippen molar-refractivity contribution in [1.29, 1.82) is 0 Å². The molecular weight excluding hydrogens is 387 g/mol. The zero-order valence-electron chi connectivity index (χ0n) is 14.3. The second-order valence-corrected chi connectivity index (χ2v) is 22.3. The van der Waals surface area contributed by atoms with Crippen LogP contribution in [0.4, 0.5) is 10.7 Å². The van der Waals surface area contributed by atoms with Crippen LogP contribution in [0.1, 0.15) is 20.8 Å². The van der Waals surface area contributed by atoms with Crippen LogP contribution in [0.5, 0.6) is 0 Å². The van der Waals surface area contributed by atoms with Gasteiger partial charge in [0.15, 0.2) is 0 Å². The monoisotopic (exact) mass is 414 g/mol. The van der Waals surface area contributed by atoms with Crippen LogP contribution in [-0.2, 0) is 4.74 Å². The van der Waals surface area contributed by atoms with E-state index in [4.69, 9.17) is 4.74 Å². The van der Waals surface area contributed by atoms with E-state index >= 15 is 0 Å². The van der Waals surface area contributed by atoms with Gasteiger partial charge in [0.25, 0.3) is 0 Å². The Morgan fingerprint density at radius 3 is 2.27 bits per heavy atom. The fourth-order valence-corrected chi connectivity index (χ4v) is 4.60. The quantitative estimate of drug-likeness (QED) is 0.769. The Hall–Kier alpha value is -1.05. The number of amides is 1. The first-order valence-electron chi connectivity index (χ1n) is 7.61. The van der Waals surface area contributed by atoms with E-state index in [9.17, 15) is 4.79 Å². The molecule has 1 fully saturated rings. The standard InChI is InChI=1S/C12H17N4O2.3CH3.Sn/c1-12(2,3)18-11(17)16-7-9(8-16)15-10-13-5-4-6-14-10;;;;/h5-6,9H,7-8H2,1-3H3,(H,13,14,15);3*1H3;. The first-order valence-corrected chi connectivity index (χ1v) is 17.6. The normalized spacial score (nSPS) is 16.2. The first kappa shape index (κ1) is 17.3. The maximum absolute atomic E-state index is 11.8. The Bertz CT molecular complexity index is 528. The molecule has 1 aromatic heterocycles. The van der Waals surface area contributed by atoms with Crippen molar-refractivity contribution in [3.05, 3.63) is 12.4 Å². The fourth-order valence-electron chi connectivity index (χ4n) is 2.02. The molecular formula is C15H26N4O2Sn. The molecule has 1 aromatic rings. The topological polar surface area (TPSA) is 67.3 Å². The molecule has 1 aliphatic rings. The third-order valence-corrected chi connectivity index (χ3v) is 9.06. The maximum atomic E-state index is 11.8. The van der Waals surface area contributed by atoms with Crippen LogP contribution in [0.2, 0.25) is 14.8 Å². The van der Waals surface area contributed by atoms with Gasteiger partial charge in [-0.05, 0) is 0 Å². The molecule has 122 valence electrons. The van der Waals surface area contributed by atoms with Crippen molar-refractivity contribution in [3.8, 4) is 0 Å². The second kappa shape index (κ2) is 6.21. The van der Waals surface area contributed by atoms with Crippen LogP contribution in [0, 0.1) is 0 Å². The van der Waals surface area contributed by atoms with E-state index in [1.807, 2.05) is 33.2 Å². The van der Waals surface area contributed by atoms with Crippen molar-refractivity contribution in [2.24, 2.45) is 0 Å². The number of anilines is 1. The van der Waals surface area contributed by atoms with Crippen LogP contribution >= 0.6 is 0 Å². The van der Waals surface area contributed by atoms with Crippen molar-refractivity contribution < 1.29 is 9.53 Å². The van der Waals surface area contributed by atoms with E-state index in [2.05, 4.69) is 30.1 Å². The van der Waals surface area contributed by atoms with E-state index in [1.165, 1.54) is 3.58 Å². The summed E-state index contributed by atoms with van der Waals surface area (Å²) in [5.41, 5.74) is -0.451. The predicted octanol–water partition coefficient (Wildman–Crippen LogP) is 2.05. The van der Waals surface area contributed by atoms with Gasteiger partial charge in [-0.3, -0.25) is 0 Å². The number of carbonyl (C=O) groups excluding carboxylic acids is 1. The minimum absolute atomic E-state index is 0.191. The van der Waals surface area contributed by atoms with Crippen molar-refractivity contribution in [2.75, 3.05) is 18.4 Å². The summed E-state index contributed by atoms with van der Waals surface area (Å²) in [5.74, 6) is 0.633. The molecule has 1 saturated heterocycles. The Labute approximate surface area is 136 Å². The molecule has 0 radical (unpaired) electrons. The Morgan fingerprint density at radius 1 is 1.27 bits per heavy atom.